The lowest BCUT2D eigenvalue weighted by Gasteiger charge is -2.13. The summed E-state index contributed by atoms with van der Waals surface area (Å²) in [5, 5.41) is 13.4. The highest BCUT2D eigenvalue weighted by Crippen LogP contribution is 2.27. The molecule has 0 N–H and O–H groups in total. The molecule has 4 nitrogen and oxygen atoms in total. The first-order chi connectivity index (χ1) is 10.1. The molecule has 0 spiro atoms. The predicted molar refractivity (Wildman–Crippen MR) is 85.1 cm³/mol. The molecule has 0 saturated heterocycles. The topological polar surface area (TPSA) is 44.3 Å². The van der Waals surface area contributed by atoms with E-state index >= 15 is 0 Å². The Morgan fingerprint density at radius 3 is 2.57 bits per heavy atom. The molecule has 0 amide bonds. The quantitative estimate of drug-likeness (QED) is 0.667. The molecule has 100 valence electrons. The Hall–Kier alpha value is -2.74. The summed E-state index contributed by atoms with van der Waals surface area (Å²) in [6.07, 6.45) is 3.28. The normalized spacial score (nSPS) is 10.5. The van der Waals surface area contributed by atoms with Gasteiger partial charge in [-0.25, -0.2) is 4.52 Å². The Kier molecular flexibility index (Phi) is 3.15. The Labute approximate surface area is 124 Å². The van der Waals surface area contributed by atoms with Gasteiger partial charge in [-0.3, -0.25) is 0 Å². The Morgan fingerprint density at radius 2 is 1.95 bits per heavy atom. The van der Waals surface area contributed by atoms with Gasteiger partial charge in [0.15, 0.2) is 0 Å². The number of anilines is 1. The lowest BCUT2D eigenvalue weighted by atomic mass is 9.93. The smallest absolute Gasteiger partial charge is 0.115 e. The van der Waals surface area contributed by atoms with E-state index in [2.05, 4.69) is 11.2 Å². The number of pyridine rings is 1. The van der Waals surface area contributed by atoms with E-state index in [0.717, 1.165) is 22.3 Å². The van der Waals surface area contributed by atoms with Gasteiger partial charge in [-0.2, -0.15) is 10.4 Å². The number of rotatable bonds is 2. The number of fused-ring (bicyclic) bond motifs is 1. The highest BCUT2D eigenvalue weighted by Gasteiger charge is 2.11. The van der Waals surface area contributed by atoms with Gasteiger partial charge in [-0.15, -0.1) is 0 Å². The first kappa shape index (κ1) is 13.3. The van der Waals surface area contributed by atoms with Crippen molar-refractivity contribution in [3.63, 3.8) is 0 Å². The largest absolute Gasteiger partial charge is 0.378 e. The number of nitriles is 1. The van der Waals surface area contributed by atoms with Crippen LogP contribution in [0.25, 0.3) is 16.6 Å². The molecule has 3 rings (SSSR count). The molecule has 2 radical (unpaired) electrons. The molecule has 0 aliphatic heterocycles. The van der Waals surface area contributed by atoms with E-state index < -0.39 is 0 Å². The zero-order valence-electron chi connectivity index (χ0n) is 11.9. The minimum absolute atomic E-state index is 0.543. The van der Waals surface area contributed by atoms with Crippen LogP contribution in [0.5, 0.6) is 0 Å². The van der Waals surface area contributed by atoms with Crippen molar-refractivity contribution in [3.05, 3.63) is 48.3 Å². The molecule has 3 aromatic rings. The number of hydrogen-bond donors (Lipinski definition) is 0. The zero-order valence-corrected chi connectivity index (χ0v) is 11.9. The van der Waals surface area contributed by atoms with Crippen LogP contribution >= 0.6 is 0 Å². The molecule has 5 heteroatoms. The summed E-state index contributed by atoms with van der Waals surface area (Å²) in [6, 6.07) is 12.2. The van der Waals surface area contributed by atoms with Gasteiger partial charge in [-0.1, -0.05) is 23.7 Å². The van der Waals surface area contributed by atoms with Gasteiger partial charge in [0.1, 0.15) is 13.9 Å². The summed E-state index contributed by atoms with van der Waals surface area (Å²) in [7, 11) is 9.94. The molecule has 0 bridgehead atoms. The van der Waals surface area contributed by atoms with Crippen molar-refractivity contribution in [2.24, 2.45) is 0 Å². The van der Waals surface area contributed by atoms with Crippen LogP contribution < -0.4 is 10.4 Å². The molecule has 2 heterocycles. The Balaban J connectivity index is 2.24. The molecule has 0 aliphatic rings. The highest BCUT2D eigenvalue weighted by molar-refractivity contribution is 6.32. The van der Waals surface area contributed by atoms with Crippen molar-refractivity contribution in [2.75, 3.05) is 19.0 Å². The number of nitrogens with zero attached hydrogens (tertiary/aromatic N) is 4. The van der Waals surface area contributed by atoms with Gasteiger partial charge in [0.05, 0.1) is 17.3 Å². The van der Waals surface area contributed by atoms with Crippen LogP contribution in [0.2, 0.25) is 0 Å². The highest BCUT2D eigenvalue weighted by atomic mass is 15.2. The van der Waals surface area contributed by atoms with E-state index in [1.807, 2.05) is 49.3 Å². The molecular formula is C16H13BN4. The molecule has 0 atom stereocenters. The third kappa shape index (κ3) is 2.25. The van der Waals surface area contributed by atoms with Crippen molar-refractivity contribution >= 4 is 24.5 Å². The van der Waals surface area contributed by atoms with Gasteiger partial charge < -0.3 is 4.90 Å². The molecule has 0 saturated carbocycles. The fraction of sp³-hybridized carbons (Fsp3) is 0.125. The summed E-state index contributed by atoms with van der Waals surface area (Å²) >= 11 is 0. The van der Waals surface area contributed by atoms with Gasteiger partial charge >= 0.3 is 0 Å². The number of benzene rings is 1. The molecular weight excluding hydrogens is 259 g/mol. The summed E-state index contributed by atoms with van der Waals surface area (Å²) in [5.41, 5.74) is 4.98. The second-order valence-electron chi connectivity index (χ2n) is 5.09. The van der Waals surface area contributed by atoms with E-state index in [1.165, 1.54) is 0 Å². The maximum atomic E-state index is 9.24. The van der Waals surface area contributed by atoms with E-state index in [9.17, 15) is 5.26 Å². The molecule has 0 fully saturated rings. The second kappa shape index (κ2) is 4.99. The van der Waals surface area contributed by atoms with Gasteiger partial charge in [0, 0.05) is 31.5 Å². The van der Waals surface area contributed by atoms with Crippen LogP contribution in [0, 0.1) is 11.3 Å². The molecule has 0 unspecified atom stereocenters. The van der Waals surface area contributed by atoms with Gasteiger partial charge in [-0.05, 0) is 17.7 Å². The van der Waals surface area contributed by atoms with Crippen molar-refractivity contribution in [1.29, 1.82) is 5.26 Å². The fourth-order valence-corrected chi connectivity index (χ4v) is 2.38. The third-order valence-corrected chi connectivity index (χ3v) is 3.45. The molecule has 1 aromatic carbocycles. The monoisotopic (exact) mass is 272 g/mol. The standard InChI is InChI=1S/C16H13BN4/c1-20(2)14-5-3-11(4-6-14)15-7-13(17)10-21-16(15)12(8-18)9-19-21/h3-7,9-10H,1-2H3. The lowest BCUT2D eigenvalue weighted by molar-refractivity contribution is 0.967. The third-order valence-electron chi connectivity index (χ3n) is 3.45. The van der Waals surface area contributed by atoms with Crippen LogP contribution in [-0.2, 0) is 0 Å². The SMILES string of the molecule is [B]c1cc(-c2ccc(N(C)C)cc2)c2c(C#N)cnn2c1. The zero-order chi connectivity index (χ0) is 15.0. The lowest BCUT2D eigenvalue weighted by Crippen LogP contribution is -2.09. The Bertz CT molecular complexity index is 841. The van der Waals surface area contributed by atoms with E-state index in [1.54, 1.807) is 16.9 Å². The first-order valence-electron chi connectivity index (χ1n) is 6.55. The fourth-order valence-electron chi connectivity index (χ4n) is 2.38. The number of hydrogen-bond acceptors (Lipinski definition) is 3. The van der Waals surface area contributed by atoms with Gasteiger partial charge in [0.2, 0.25) is 0 Å². The van der Waals surface area contributed by atoms with E-state index in [4.69, 9.17) is 7.85 Å². The van der Waals surface area contributed by atoms with Crippen LogP contribution in [0.1, 0.15) is 5.56 Å². The second-order valence-corrected chi connectivity index (χ2v) is 5.09. The average molecular weight is 272 g/mol. The van der Waals surface area contributed by atoms with Crippen molar-refractivity contribution < 1.29 is 0 Å². The van der Waals surface area contributed by atoms with Crippen LogP contribution in [0.4, 0.5) is 5.69 Å². The van der Waals surface area contributed by atoms with E-state index in [0.29, 0.717) is 11.0 Å². The number of aromatic nitrogens is 2. The maximum Gasteiger partial charge on any atom is 0.115 e. The van der Waals surface area contributed by atoms with Crippen LogP contribution in [0.3, 0.4) is 0 Å². The minimum Gasteiger partial charge on any atom is -0.378 e. The summed E-state index contributed by atoms with van der Waals surface area (Å²) < 4.78 is 1.66. The van der Waals surface area contributed by atoms with Gasteiger partial charge in [0.25, 0.3) is 0 Å². The van der Waals surface area contributed by atoms with Crippen molar-refractivity contribution in [1.82, 2.24) is 9.61 Å². The van der Waals surface area contributed by atoms with Crippen molar-refractivity contribution in [3.8, 4) is 17.2 Å². The van der Waals surface area contributed by atoms with Crippen LogP contribution in [0.15, 0.2) is 42.7 Å². The Morgan fingerprint density at radius 1 is 1.24 bits per heavy atom. The molecule has 21 heavy (non-hydrogen) atoms. The molecule has 0 aliphatic carbocycles. The predicted octanol–water partition coefficient (Wildman–Crippen LogP) is 1.73. The first-order valence-corrected chi connectivity index (χ1v) is 6.55. The minimum atomic E-state index is 0.543. The summed E-state index contributed by atoms with van der Waals surface area (Å²) in [5.74, 6) is 0. The summed E-state index contributed by atoms with van der Waals surface area (Å²) in [4.78, 5) is 2.04. The van der Waals surface area contributed by atoms with E-state index in [-0.39, 0.29) is 0 Å². The summed E-state index contributed by atoms with van der Waals surface area (Å²) in [6.45, 7) is 0. The maximum absolute atomic E-state index is 9.24. The van der Waals surface area contributed by atoms with Crippen LogP contribution in [-0.4, -0.2) is 31.6 Å². The molecule has 2 aromatic heterocycles. The average Bonchev–Trinajstić information content (AvgIpc) is 2.89. The van der Waals surface area contributed by atoms with Crippen molar-refractivity contribution in [2.45, 2.75) is 0 Å².